The molecule has 2 heteroatoms. The first-order valence-electron chi connectivity index (χ1n) is 4.65. The maximum atomic E-state index is 11.7. The van der Waals surface area contributed by atoms with E-state index >= 15 is 0 Å². The molecule has 0 saturated heterocycles. The minimum Gasteiger partial charge on any atom is -0.392 e. The van der Waals surface area contributed by atoms with Crippen molar-refractivity contribution >= 4 is 5.78 Å². The van der Waals surface area contributed by atoms with Crippen molar-refractivity contribution in [3.05, 3.63) is 0 Å². The van der Waals surface area contributed by atoms with Gasteiger partial charge in [0, 0.05) is 11.3 Å². The highest BCUT2D eigenvalue weighted by atomic mass is 16.3. The zero-order chi connectivity index (χ0) is 9.35. The molecule has 1 aliphatic carbocycles. The molecule has 0 aromatic rings. The summed E-state index contributed by atoms with van der Waals surface area (Å²) >= 11 is 0. The fourth-order valence-corrected chi connectivity index (χ4v) is 1.80. The van der Waals surface area contributed by atoms with Gasteiger partial charge in [-0.2, -0.15) is 0 Å². The Labute approximate surface area is 74.0 Å². The van der Waals surface area contributed by atoms with Gasteiger partial charge in [-0.05, 0) is 12.8 Å². The molecule has 2 unspecified atom stereocenters. The predicted molar refractivity (Wildman–Crippen MR) is 47.8 cm³/mol. The van der Waals surface area contributed by atoms with Crippen LogP contribution in [0.25, 0.3) is 0 Å². The van der Waals surface area contributed by atoms with Crippen LogP contribution in [0.15, 0.2) is 0 Å². The summed E-state index contributed by atoms with van der Waals surface area (Å²) in [6.07, 6.45) is 2.29. The van der Waals surface area contributed by atoms with Gasteiger partial charge in [-0.3, -0.25) is 4.79 Å². The largest absolute Gasteiger partial charge is 0.392 e. The third-order valence-corrected chi connectivity index (χ3v) is 2.56. The number of hydrogen-bond donors (Lipinski definition) is 1. The second kappa shape index (κ2) is 3.17. The molecule has 1 saturated carbocycles. The van der Waals surface area contributed by atoms with Crippen LogP contribution in [0.3, 0.4) is 0 Å². The Bertz CT molecular complexity index is 179. The van der Waals surface area contributed by atoms with Crippen molar-refractivity contribution in [2.75, 3.05) is 0 Å². The zero-order valence-corrected chi connectivity index (χ0v) is 8.13. The van der Waals surface area contributed by atoms with E-state index in [0.29, 0.717) is 0 Å². The zero-order valence-electron chi connectivity index (χ0n) is 8.13. The van der Waals surface area contributed by atoms with Gasteiger partial charge < -0.3 is 5.11 Å². The molecule has 0 aromatic carbocycles. The molecule has 1 rings (SSSR count). The molecule has 2 nitrogen and oxygen atoms in total. The number of rotatable bonds is 1. The molecule has 12 heavy (non-hydrogen) atoms. The van der Waals surface area contributed by atoms with E-state index in [9.17, 15) is 9.90 Å². The van der Waals surface area contributed by atoms with Crippen molar-refractivity contribution in [1.82, 2.24) is 0 Å². The molecular formula is C10H18O2. The van der Waals surface area contributed by atoms with Crippen LogP contribution >= 0.6 is 0 Å². The highest BCUT2D eigenvalue weighted by Gasteiger charge is 2.36. The van der Waals surface area contributed by atoms with Crippen LogP contribution in [0.5, 0.6) is 0 Å². The van der Waals surface area contributed by atoms with Crippen LogP contribution in [0.4, 0.5) is 0 Å². The first-order valence-corrected chi connectivity index (χ1v) is 4.65. The molecule has 1 fully saturated rings. The summed E-state index contributed by atoms with van der Waals surface area (Å²) in [6.45, 7) is 5.75. The minimum atomic E-state index is -0.378. The van der Waals surface area contributed by atoms with Gasteiger partial charge in [-0.1, -0.05) is 27.2 Å². The van der Waals surface area contributed by atoms with Crippen LogP contribution in [-0.2, 0) is 4.79 Å². The van der Waals surface area contributed by atoms with E-state index in [4.69, 9.17) is 0 Å². The number of ketones is 1. The molecule has 0 amide bonds. The summed E-state index contributed by atoms with van der Waals surface area (Å²) in [6, 6.07) is 0. The molecule has 2 atom stereocenters. The normalized spacial score (nSPS) is 30.7. The SMILES string of the molecule is CC(C)(C)C(=O)C1CCCC1O. The van der Waals surface area contributed by atoms with Crippen molar-refractivity contribution in [2.45, 2.75) is 46.1 Å². The van der Waals surface area contributed by atoms with Crippen LogP contribution < -0.4 is 0 Å². The van der Waals surface area contributed by atoms with E-state index in [1.807, 2.05) is 20.8 Å². The van der Waals surface area contributed by atoms with E-state index < -0.39 is 0 Å². The van der Waals surface area contributed by atoms with Crippen molar-refractivity contribution in [2.24, 2.45) is 11.3 Å². The molecule has 0 heterocycles. The maximum absolute atomic E-state index is 11.7. The minimum absolute atomic E-state index is 0.0926. The van der Waals surface area contributed by atoms with Crippen molar-refractivity contribution < 1.29 is 9.90 Å². The van der Waals surface area contributed by atoms with Gasteiger partial charge in [0.1, 0.15) is 5.78 Å². The standard InChI is InChI=1S/C10H18O2/c1-10(2,3)9(12)7-5-4-6-8(7)11/h7-8,11H,4-6H2,1-3H3. The van der Waals surface area contributed by atoms with Crippen LogP contribution in [0, 0.1) is 11.3 Å². The monoisotopic (exact) mass is 170 g/mol. The fourth-order valence-electron chi connectivity index (χ4n) is 1.80. The van der Waals surface area contributed by atoms with Gasteiger partial charge >= 0.3 is 0 Å². The lowest BCUT2D eigenvalue weighted by molar-refractivity contribution is -0.133. The summed E-state index contributed by atoms with van der Waals surface area (Å²) in [5, 5.41) is 9.50. The third kappa shape index (κ3) is 1.86. The summed E-state index contributed by atoms with van der Waals surface area (Å²) < 4.78 is 0. The molecule has 0 spiro atoms. The van der Waals surface area contributed by atoms with Gasteiger partial charge in [0.05, 0.1) is 6.10 Å². The van der Waals surface area contributed by atoms with Gasteiger partial charge in [0.2, 0.25) is 0 Å². The lowest BCUT2D eigenvalue weighted by atomic mass is 9.81. The smallest absolute Gasteiger partial charge is 0.143 e. The third-order valence-electron chi connectivity index (χ3n) is 2.56. The number of aliphatic hydroxyl groups is 1. The molecule has 1 N–H and O–H groups in total. The number of aliphatic hydroxyl groups excluding tert-OH is 1. The highest BCUT2D eigenvalue weighted by Crippen LogP contribution is 2.32. The number of hydrogen-bond acceptors (Lipinski definition) is 2. The summed E-state index contributed by atoms with van der Waals surface area (Å²) in [5.41, 5.74) is -0.296. The second-order valence-electron chi connectivity index (χ2n) is 4.72. The van der Waals surface area contributed by atoms with Crippen molar-refractivity contribution in [3.63, 3.8) is 0 Å². The van der Waals surface area contributed by atoms with Gasteiger partial charge in [-0.15, -0.1) is 0 Å². The van der Waals surface area contributed by atoms with E-state index in [2.05, 4.69) is 0 Å². The van der Waals surface area contributed by atoms with E-state index in [1.165, 1.54) is 0 Å². The van der Waals surface area contributed by atoms with Gasteiger partial charge in [0.25, 0.3) is 0 Å². The molecule has 1 aliphatic rings. The maximum Gasteiger partial charge on any atom is 0.143 e. The average Bonchev–Trinajstić information content (AvgIpc) is 2.31. The molecule has 0 aliphatic heterocycles. The Hall–Kier alpha value is -0.370. The van der Waals surface area contributed by atoms with Crippen molar-refractivity contribution in [1.29, 1.82) is 0 Å². The lowest BCUT2D eigenvalue weighted by Crippen LogP contribution is -2.32. The number of carbonyl (C=O) groups excluding carboxylic acids is 1. The predicted octanol–water partition coefficient (Wildman–Crippen LogP) is 1.76. The fraction of sp³-hybridized carbons (Fsp3) is 0.900. The van der Waals surface area contributed by atoms with E-state index in [0.717, 1.165) is 19.3 Å². The van der Waals surface area contributed by atoms with E-state index in [-0.39, 0.29) is 23.2 Å². The summed E-state index contributed by atoms with van der Waals surface area (Å²) in [7, 11) is 0. The van der Waals surface area contributed by atoms with Crippen LogP contribution in [0.1, 0.15) is 40.0 Å². The highest BCUT2D eigenvalue weighted by molar-refractivity contribution is 5.86. The Kier molecular flexibility index (Phi) is 2.57. The Morgan fingerprint density at radius 3 is 2.25 bits per heavy atom. The Morgan fingerprint density at radius 2 is 1.92 bits per heavy atom. The molecule has 0 aromatic heterocycles. The topological polar surface area (TPSA) is 37.3 Å². The first-order chi connectivity index (χ1) is 5.43. The molecule has 0 bridgehead atoms. The molecule has 0 radical (unpaired) electrons. The first kappa shape index (κ1) is 9.72. The average molecular weight is 170 g/mol. The second-order valence-corrected chi connectivity index (χ2v) is 4.72. The number of carbonyl (C=O) groups is 1. The van der Waals surface area contributed by atoms with Crippen LogP contribution in [-0.4, -0.2) is 17.0 Å². The quantitative estimate of drug-likeness (QED) is 0.651. The summed E-state index contributed by atoms with van der Waals surface area (Å²) in [5.74, 6) is 0.123. The molecule has 70 valence electrons. The van der Waals surface area contributed by atoms with Gasteiger partial charge in [0.15, 0.2) is 0 Å². The van der Waals surface area contributed by atoms with E-state index in [1.54, 1.807) is 0 Å². The van der Waals surface area contributed by atoms with Gasteiger partial charge in [-0.25, -0.2) is 0 Å². The lowest BCUT2D eigenvalue weighted by Gasteiger charge is -2.23. The number of Topliss-reactive ketones (excluding diaryl/α,β-unsaturated/α-hetero) is 1. The van der Waals surface area contributed by atoms with Crippen LogP contribution in [0.2, 0.25) is 0 Å². The van der Waals surface area contributed by atoms with Crippen molar-refractivity contribution in [3.8, 4) is 0 Å². The molecular weight excluding hydrogens is 152 g/mol. The summed E-state index contributed by atoms with van der Waals surface area (Å²) in [4.78, 5) is 11.7. The Balaban J connectivity index is 2.64. The Morgan fingerprint density at radius 1 is 1.33 bits per heavy atom.